The monoisotopic (exact) mass is 435 g/mol. The number of amides is 2. The van der Waals surface area contributed by atoms with Crippen LogP contribution in [0.1, 0.15) is 35.3 Å². The summed E-state index contributed by atoms with van der Waals surface area (Å²) in [6, 6.07) is 14.3. The van der Waals surface area contributed by atoms with Gasteiger partial charge in [-0.15, -0.1) is 0 Å². The van der Waals surface area contributed by atoms with Crippen molar-refractivity contribution < 1.29 is 19.5 Å². The van der Waals surface area contributed by atoms with Crippen molar-refractivity contribution in [1.29, 1.82) is 5.26 Å². The Hall–Kier alpha value is -4.39. The Labute approximate surface area is 185 Å². The molecule has 0 radical (unpaired) electrons. The summed E-state index contributed by atoms with van der Waals surface area (Å²) in [6.07, 6.45) is 1.38. The van der Waals surface area contributed by atoms with Crippen LogP contribution >= 0.6 is 0 Å². The number of carboxylic acid groups (broad SMARTS) is 1. The van der Waals surface area contributed by atoms with Crippen LogP contribution in [0.2, 0.25) is 0 Å². The van der Waals surface area contributed by atoms with E-state index in [1.165, 1.54) is 0 Å². The van der Waals surface area contributed by atoms with Crippen LogP contribution in [0.25, 0.3) is 0 Å². The number of carboxylic acids is 1. The zero-order valence-corrected chi connectivity index (χ0v) is 17.4. The molecule has 0 bridgehead atoms. The van der Waals surface area contributed by atoms with Crippen molar-refractivity contribution in [3.63, 3.8) is 0 Å². The molecule has 0 aliphatic carbocycles. The lowest BCUT2D eigenvalue weighted by Crippen LogP contribution is -2.40. The summed E-state index contributed by atoms with van der Waals surface area (Å²) in [5, 5.41) is 30.2. The van der Waals surface area contributed by atoms with Crippen LogP contribution in [0.3, 0.4) is 0 Å². The zero-order chi connectivity index (χ0) is 23.3. The zero-order valence-electron chi connectivity index (χ0n) is 17.4. The fraction of sp³-hybridized carbons (Fsp3) is 0.227. The van der Waals surface area contributed by atoms with E-state index in [9.17, 15) is 19.5 Å². The van der Waals surface area contributed by atoms with Gasteiger partial charge in [0.15, 0.2) is 6.19 Å². The number of carbonyl (C=O) groups excluding carboxylic acids is 3. The van der Waals surface area contributed by atoms with E-state index in [2.05, 4.69) is 26.3 Å². The molecule has 1 atom stereocenters. The number of carbonyl (C=O) groups is 3. The van der Waals surface area contributed by atoms with Crippen LogP contribution < -0.4 is 26.4 Å². The van der Waals surface area contributed by atoms with Gasteiger partial charge in [0, 0.05) is 30.2 Å². The summed E-state index contributed by atoms with van der Waals surface area (Å²) in [5.74, 6) is -2.10. The Morgan fingerprint density at radius 2 is 1.88 bits per heavy atom. The molecule has 0 aliphatic rings. The molecule has 0 aliphatic heterocycles. The molecule has 0 spiro atoms. The van der Waals surface area contributed by atoms with E-state index in [-0.39, 0.29) is 18.1 Å². The molecule has 2 aromatic rings. The van der Waals surface area contributed by atoms with Crippen LogP contribution in [0.15, 0.2) is 59.6 Å². The molecule has 0 fully saturated rings. The summed E-state index contributed by atoms with van der Waals surface area (Å²) >= 11 is 0. The third kappa shape index (κ3) is 7.79. The van der Waals surface area contributed by atoms with E-state index < -0.39 is 30.2 Å². The minimum Gasteiger partial charge on any atom is -0.550 e. The number of nitriles is 1. The summed E-state index contributed by atoms with van der Waals surface area (Å²) in [5.41, 5.74) is 1.42. The molecule has 0 heterocycles. The van der Waals surface area contributed by atoms with Gasteiger partial charge >= 0.3 is 0 Å². The lowest BCUT2D eigenvalue weighted by atomic mass is 10.0. The summed E-state index contributed by atoms with van der Waals surface area (Å²) in [4.78, 5) is 39.9. The van der Waals surface area contributed by atoms with Gasteiger partial charge in [-0.2, -0.15) is 5.26 Å². The third-order valence-corrected chi connectivity index (χ3v) is 4.20. The second kappa shape index (κ2) is 12.3. The number of hydrogen-bond acceptors (Lipinski definition) is 6. The fourth-order valence-corrected chi connectivity index (χ4v) is 2.81. The largest absolute Gasteiger partial charge is 0.550 e. The molecule has 0 saturated heterocycles. The molecule has 10 heteroatoms. The van der Waals surface area contributed by atoms with Gasteiger partial charge in [0.25, 0.3) is 5.91 Å². The molecule has 2 amide bonds. The first kappa shape index (κ1) is 23.9. The number of guanidine groups is 1. The van der Waals surface area contributed by atoms with E-state index >= 15 is 0 Å². The van der Waals surface area contributed by atoms with E-state index in [0.29, 0.717) is 17.8 Å². The van der Waals surface area contributed by atoms with Crippen LogP contribution in [-0.4, -0.2) is 36.8 Å². The predicted molar refractivity (Wildman–Crippen MR) is 116 cm³/mol. The maximum absolute atomic E-state index is 12.5. The number of nitrogens with zero attached hydrogens (tertiary/aromatic N) is 2. The molecule has 10 nitrogen and oxygen atoms in total. The maximum atomic E-state index is 12.5. The fourth-order valence-electron chi connectivity index (χ4n) is 2.81. The molecule has 4 N–H and O–H groups in total. The average Bonchev–Trinajstić information content (AvgIpc) is 2.78. The molecule has 166 valence electrons. The summed E-state index contributed by atoms with van der Waals surface area (Å²) in [6.45, 7) is 1.92. The van der Waals surface area contributed by atoms with E-state index in [0.717, 1.165) is 0 Å². The van der Waals surface area contributed by atoms with Gasteiger partial charge in [0.1, 0.15) is 0 Å². The summed E-state index contributed by atoms with van der Waals surface area (Å²) < 4.78 is 0. The lowest BCUT2D eigenvalue weighted by molar-refractivity contribution is -0.306. The first-order valence-electron chi connectivity index (χ1n) is 9.82. The Balaban J connectivity index is 1.98. The van der Waals surface area contributed by atoms with Gasteiger partial charge in [0.2, 0.25) is 11.9 Å². The quantitative estimate of drug-likeness (QED) is 0.190. The molecule has 32 heavy (non-hydrogen) atoms. The van der Waals surface area contributed by atoms with Gasteiger partial charge in [-0.3, -0.25) is 19.9 Å². The normalized spacial score (nSPS) is 11.6. The van der Waals surface area contributed by atoms with E-state index in [1.807, 2.05) is 6.92 Å². The minimum atomic E-state index is -1.30. The first-order chi connectivity index (χ1) is 15.4. The Kier molecular flexibility index (Phi) is 9.21. The van der Waals surface area contributed by atoms with Crippen molar-refractivity contribution in [2.75, 3.05) is 18.4 Å². The second-order valence-electron chi connectivity index (χ2n) is 6.56. The predicted octanol–water partition coefficient (Wildman–Crippen LogP) is 0.272. The number of benzene rings is 2. The SMILES string of the molecule is CCN=C(NC#N)Nc1cccc(C(=O)NCC(=O)NC(CC(=O)[O-])c2ccccc2)c1. The van der Waals surface area contributed by atoms with E-state index in [4.69, 9.17) is 5.26 Å². The van der Waals surface area contributed by atoms with Crippen molar-refractivity contribution >= 4 is 29.4 Å². The van der Waals surface area contributed by atoms with Crippen LogP contribution in [0, 0.1) is 11.5 Å². The highest BCUT2D eigenvalue weighted by atomic mass is 16.4. The van der Waals surface area contributed by atoms with Crippen molar-refractivity contribution in [3.05, 3.63) is 65.7 Å². The number of hydrogen-bond donors (Lipinski definition) is 4. The Morgan fingerprint density at radius 1 is 1.12 bits per heavy atom. The van der Waals surface area contributed by atoms with Crippen LogP contribution in [0.4, 0.5) is 5.69 Å². The summed E-state index contributed by atoms with van der Waals surface area (Å²) in [7, 11) is 0. The van der Waals surface area contributed by atoms with Gasteiger partial charge in [-0.1, -0.05) is 36.4 Å². The Bertz CT molecular complexity index is 1020. The molecule has 1 unspecified atom stereocenters. The molecule has 0 aromatic heterocycles. The van der Waals surface area contributed by atoms with Crippen molar-refractivity contribution in [3.8, 4) is 6.19 Å². The first-order valence-corrected chi connectivity index (χ1v) is 9.82. The average molecular weight is 435 g/mol. The van der Waals surface area contributed by atoms with Crippen molar-refractivity contribution in [2.45, 2.75) is 19.4 Å². The van der Waals surface area contributed by atoms with Crippen LogP contribution in [-0.2, 0) is 9.59 Å². The number of aliphatic carboxylic acids is 1. The molecule has 2 aromatic carbocycles. The van der Waals surface area contributed by atoms with E-state index in [1.54, 1.807) is 60.8 Å². The van der Waals surface area contributed by atoms with Gasteiger partial charge in [-0.25, -0.2) is 0 Å². The third-order valence-electron chi connectivity index (χ3n) is 4.20. The highest BCUT2D eigenvalue weighted by Gasteiger charge is 2.16. The number of rotatable bonds is 9. The van der Waals surface area contributed by atoms with Crippen molar-refractivity contribution in [1.82, 2.24) is 16.0 Å². The van der Waals surface area contributed by atoms with Crippen molar-refractivity contribution in [2.24, 2.45) is 4.99 Å². The smallest absolute Gasteiger partial charge is 0.251 e. The number of aliphatic imine (C=N–C) groups is 1. The lowest BCUT2D eigenvalue weighted by Gasteiger charge is -2.20. The highest BCUT2D eigenvalue weighted by molar-refractivity contribution is 5.99. The van der Waals surface area contributed by atoms with Gasteiger partial charge < -0.3 is 25.9 Å². The molecular weight excluding hydrogens is 412 g/mol. The maximum Gasteiger partial charge on any atom is 0.251 e. The number of nitrogens with one attached hydrogen (secondary N) is 4. The molecule has 0 saturated carbocycles. The molecule has 2 rings (SSSR count). The Morgan fingerprint density at radius 3 is 2.53 bits per heavy atom. The number of anilines is 1. The standard InChI is InChI=1S/C22H24N6O4/c1-2-24-22(26-14-23)27-17-10-6-9-16(11-17)21(32)25-13-19(29)28-18(12-20(30)31)15-7-4-3-5-8-15/h3-11,18H,2,12-13H2,1H3,(H,25,32)(H,28,29)(H,30,31)(H2,24,26,27)/p-1. The minimum absolute atomic E-state index is 0.242. The topological polar surface area (TPSA) is 159 Å². The van der Waals surface area contributed by atoms with Gasteiger partial charge in [-0.05, 0) is 30.7 Å². The van der Waals surface area contributed by atoms with Gasteiger partial charge in [0.05, 0.1) is 12.6 Å². The second-order valence-corrected chi connectivity index (χ2v) is 6.56. The van der Waals surface area contributed by atoms with Crippen LogP contribution in [0.5, 0.6) is 0 Å². The molecular formula is C22H23N6O4-. The highest BCUT2D eigenvalue weighted by Crippen LogP contribution is 2.16.